The first-order chi connectivity index (χ1) is 8.74. The lowest BCUT2D eigenvalue weighted by Gasteiger charge is -2.38. The van der Waals surface area contributed by atoms with Crippen LogP contribution in [0.4, 0.5) is 0 Å². The van der Waals surface area contributed by atoms with Crippen molar-refractivity contribution >= 4 is 5.65 Å². The molecule has 0 amide bonds. The maximum Gasteiger partial charge on any atom is 0.137 e. The Morgan fingerprint density at radius 1 is 1.22 bits per heavy atom. The zero-order valence-corrected chi connectivity index (χ0v) is 11.2. The molecule has 1 aliphatic rings. The van der Waals surface area contributed by atoms with Gasteiger partial charge in [0.2, 0.25) is 0 Å². The van der Waals surface area contributed by atoms with Gasteiger partial charge in [0.25, 0.3) is 0 Å². The minimum Gasteiger partial charge on any atom is -0.307 e. The van der Waals surface area contributed by atoms with Gasteiger partial charge in [-0.15, -0.1) is 0 Å². The largest absolute Gasteiger partial charge is 0.307 e. The highest BCUT2D eigenvalue weighted by Gasteiger charge is 2.25. The molecule has 0 spiro atoms. The summed E-state index contributed by atoms with van der Waals surface area (Å²) in [5, 5.41) is 0. The van der Waals surface area contributed by atoms with E-state index in [0.717, 1.165) is 12.2 Å². The second-order valence-electron chi connectivity index (χ2n) is 5.50. The van der Waals surface area contributed by atoms with E-state index in [1.54, 1.807) is 0 Å². The molecule has 1 aliphatic heterocycles. The van der Waals surface area contributed by atoms with Crippen LogP contribution in [0.3, 0.4) is 0 Å². The Balaban J connectivity index is 1.82. The first kappa shape index (κ1) is 11.7. The minimum atomic E-state index is 0.679. The predicted molar refractivity (Wildman–Crippen MR) is 73.5 cm³/mol. The average molecular weight is 243 g/mol. The van der Waals surface area contributed by atoms with Crippen molar-refractivity contribution < 1.29 is 0 Å². The first-order valence-electron chi connectivity index (χ1n) is 6.92. The maximum absolute atomic E-state index is 4.70. The molecule has 3 heterocycles. The molecule has 1 saturated heterocycles. The fraction of sp³-hybridized carbons (Fsp3) is 0.533. The number of piperidine rings is 1. The Hall–Kier alpha value is -1.35. The first-order valence-corrected chi connectivity index (χ1v) is 6.92. The lowest BCUT2D eigenvalue weighted by molar-refractivity contribution is 0.0940. The number of hydrogen-bond acceptors (Lipinski definition) is 2. The molecule has 3 nitrogen and oxygen atoms in total. The summed E-state index contributed by atoms with van der Waals surface area (Å²) in [4.78, 5) is 7.29. The molecule has 0 N–H and O–H groups in total. The molecule has 18 heavy (non-hydrogen) atoms. The SMILES string of the molecule is C[C@H]1CCC[C@H](C)N1Cc1cn2ccccc2n1. The zero-order valence-electron chi connectivity index (χ0n) is 11.2. The fourth-order valence-corrected chi connectivity index (χ4v) is 3.04. The molecule has 0 saturated carbocycles. The van der Waals surface area contributed by atoms with Gasteiger partial charge in [-0.3, -0.25) is 4.90 Å². The van der Waals surface area contributed by atoms with Crippen LogP contribution in [0.25, 0.3) is 5.65 Å². The molecule has 3 rings (SSSR count). The Labute approximate surface area is 108 Å². The number of fused-ring (bicyclic) bond motifs is 1. The lowest BCUT2D eigenvalue weighted by atomic mass is 9.97. The van der Waals surface area contributed by atoms with Crippen molar-refractivity contribution in [1.82, 2.24) is 14.3 Å². The molecule has 2 atom stereocenters. The average Bonchev–Trinajstić information content (AvgIpc) is 2.76. The molecular formula is C15H21N3. The summed E-state index contributed by atoms with van der Waals surface area (Å²) in [6.45, 7) is 5.65. The van der Waals surface area contributed by atoms with Gasteiger partial charge in [0.1, 0.15) is 5.65 Å². The van der Waals surface area contributed by atoms with Gasteiger partial charge in [0.05, 0.1) is 5.69 Å². The molecule has 96 valence electrons. The monoisotopic (exact) mass is 243 g/mol. The van der Waals surface area contributed by atoms with E-state index >= 15 is 0 Å². The molecule has 1 fully saturated rings. The topological polar surface area (TPSA) is 20.5 Å². The van der Waals surface area contributed by atoms with Crippen molar-refractivity contribution in [3.63, 3.8) is 0 Å². The van der Waals surface area contributed by atoms with Crippen molar-refractivity contribution in [3.8, 4) is 0 Å². The van der Waals surface area contributed by atoms with Crippen LogP contribution >= 0.6 is 0 Å². The zero-order chi connectivity index (χ0) is 12.5. The second-order valence-corrected chi connectivity index (χ2v) is 5.50. The number of likely N-dealkylation sites (tertiary alicyclic amines) is 1. The highest BCUT2D eigenvalue weighted by molar-refractivity contribution is 5.39. The highest BCUT2D eigenvalue weighted by atomic mass is 15.2. The number of hydrogen-bond donors (Lipinski definition) is 0. The van der Waals surface area contributed by atoms with Crippen LogP contribution in [0.2, 0.25) is 0 Å². The van der Waals surface area contributed by atoms with E-state index in [-0.39, 0.29) is 0 Å². The van der Waals surface area contributed by atoms with Crippen LogP contribution in [0, 0.1) is 0 Å². The Morgan fingerprint density at radius 2 is 2.00 bits per heavy atom. The third-order valence-corrected chi connectivity index (χ3v) is 4.13. The van der Waals surface area contributed by atoms with Gasteiger partial charge >= 0.3 is 0 Å². The number of imidazole rings is 1. The van der Waals surface area contributed by atoms with Crippen molar-refractivity contribution in [1.29, 1.82) is 0 Å². The standard InChI is InChI=1S/C15H21N3/c1-12-6-5-7-13(2)18(12)11-14-10-17-9-4-3-8-15(17)16-14/h3-4,8-10,12-13H,5-7,11H2,1-2H3/t12-,13-/m0/s1. The number of rotatable bonds is 2. The summed E-state index contributed by atoms with van der Waals surface area (Å²) < 4.78 is 2.11. The van der Waals surface area contributed by atoms with Crippen LogP contribution < -0.4 is 0 Å². The van der Waals surface area contributed by atoms with E-state index in [4.69, 9.17) is 4.98 Å². The van der Waals surface area contributed by atoms with E-state index < -0.39 is 0 Å². The summed E-state index contributed by atoms with van der Waals surface area (Å²) >= 11 is 0. The molecule has 0 radical (unpaired) electrons. The number of nitrogens with zero attached hydrogens (tertiary/aromatic N) is 3. The van der Waals surface area contributed by atoms with Gasteiger partial charge in [-0.2, -0.15) is 0 Å². The van der Waals surface area contributed by atoms with Crippen LogP contribution in [0.15, 0.2) is 30.6 Å². The van der Waals surface area contributed by atoms with E-state index in [9.17, 15) is 0 Å². The summed E-state index contributed by atoms with van der Waals surface area (Å²) in [7, 11) is 0. The lowest BCUT2D eigenvalue weighted by Crippen LogP contribution is -2.43. The second kappa shape index (κ2) is 4.73. The molecule has 0 bridgehead atoms. The Bertz CT molecular complexity index is 488. The van der Waals surface area contributed by atoms with Gasteiger partial charge in [0, 0.05) is 31.0 Å². The van der Waals surface area contributed by atoms with E-state index in [0.29, 0.717) is 12.1 Å². The summed E-state index contributed by atoms with van der Waals surface area (Å²) in [6.07, 6.45) is 8.22. The summed E-state index contributed by atoms with van der Waals surface area (Å²) in [6, 6.07) is 7.51. The van der Waals surface area contributed by atoms with Gasteiger partial charge < -0.3 is 4.40 Å². The van der Waals surface area contributed by atoms with E-state index in [1.165, 1.54) is 25.0 Å². The van der Waals surface area contributed by atoms with Crippen LogP contribution in [0.1, 0.15) is 38.8 Å². The maximum atomic E-state index is 4.70. The van der Waals surface area contributed by atoms with Crippen LogP contribution in [0.5, 0.6) is 0 Å². The third-order valence-electron chi connectivity index (χ3n) is 4.13. The van der Waals surface area contributed by atoms with E-state index in [1.807, 2.05) is 12.1 Å². The van der Waals surface area contributed by atoms with Crippen LogP contribution in [-0.4, -0.2) is 26.4 Å². The minimum absolute atomic E-state index is 0.679. The van der Waals surface area contributed by atoms with Gasteiger partial charge in [0.15, 0.2) is 0 Å². The van der Waals surface area contributed by atoms with E-state index in [2.05, 4.69) is 41.6 Å². The third kappa shape index (κ3) is 2.15. The smallest absolute Gasteiger partial charge is 0.137 e. The number of aromatic nitrogens is 2. The Kier molecular flexibility index (Phi) is 3.08. The summed E-state index contributed by atoms with van der Waals surface area (Å²) in [5.74, 6) is 0. The van der Waals surface area contributed by atoms with Crippen molar-refractivity contribution in [3.05, 3.63) is 36.3 Å². The van der Waals surface area contributed by atoms with Gasteiger partial charge in [-0.05, 0) is 38.8 Å². The highest BCUT2D eigenvalue weighted by Crippen LogP contribution is 2.24. The normalized spacial score (nSPS) is 25.7. The van der Waals surface area contributed by atoms with Crippen molar-refractivity contribution in [2.24, 2.45) is 0 Å². The molecular weight excluding hydrogens is 222 g/mol. The van der Waals surface area contributed by atoms with Crippen LogP contribution in [-0.2, 0) is 6.54 Å². The molecule has 2 aromatic rings. The molecule has 0 aromatic carbocycles. The van der Waals surface area contributed by atoms with Crippen molar-refractivity contribution in [2.75, 3.05) is 0 Å². The molecule has 3 heteroatoms. The van der Waals surface area contributed by atoms with Gasteiger partial charge in [-0.25, -0.2) is 4.98 Å². The molecule has 0 unspecified atom stereocenters. The fourth-order valence-electron chi connectivity index (χ4n) is 3.04. The predicted octanol–water partition coefficient (Wildman–Crippen LogP) is 3.10. The molecule has 0 aliphatic carbocycles. The summed E-state index contributed by atoms with van der Waals surface area (Å²) in [5.41, 5.74) is 2.23. The Morgan fingerprint density at radius 3 is 2.72 bits per heavy atom. The molecule has 2 aromatic heterocycles. The number of pyridine rings is 1. The quantitative estimate of drug-likeness (QED) is 0.808. The van der Waals surface area contributed by atoms with Crippen molar-refractivity contribution in [2.45, 2.75) is 51.7 Å². The van der Waals surface area contributed by atoms with Gasteiger partial charge in [-0.1, -0.05) is 12.5 Å².